The number of thiophene rings is 1. The van der Waals surface area contributed by atoms with Gasteiger partial charge in [-0.2, -0.15) is 5.26 Å². The van der Waals surface area contributed by atoms with E-state index in [1.54, 1.807) is 11.3 Å². The van der Waals surface area contributed by atoms with Crippen molar-refractivity contribution in [3.8, 4) is 6.07 Å². The molecule has 1 aliphatic rings. The van der Waals surface area contributed by atoms with Crippen LogP contribution in [0.15, 0.2) is 29.7 Å². The monoisotopic (exact) mass is 268 g/mol. The first-order valence-electron chi connectivity index (χ1n) is 6.65. The van der Waals surface area contributed by atoms with Crippen LogP contribution in [-0.2, 0) is 0 Å². The number of likely N-dealkylation sites (N-methyl/N-ethyl adjacent to an activating group) is 1. The summed E-state index contributed by atoms with van der Waals surface area (Å²) in [5, 5.41) is 12.6. The fraction of sp³-hybridized carbons (Fsp3) is 0.312. The van der Waals surface area contributed by atoms with Crippen LogP contribution in [0.25, 0.3) is 15.7 Å². The van der Waals surface area contributed by atoms with Crippen LogP contribution in [0.2, 0.25) is 0 Å². The van der Waals surface area contributed by atoms with Gasteiger partial charge in [-0.25, -0.2) is 0 Å². The predicted molar refractivity (Wildman–Crippen MR) is 81.2 cm³/mol. The van der Waals surface area contributed by atoms with Crippen molar-refractivity contribution in [2.45, 2.75) is 13.3 Å². The predicted octanol–water partition coefficient (Wildman–Crippen LogP) is 3.88. The van der Waals surface area contributed by atoms with Gasteiger partial charge in [-0.3, -0.25) is 4.90 Å². The second kappa shape index (κ2) is 5.16. The normalized spacial score (nSPS) is 16.3. The van der Waals surface area contributed by atoms with Gasteiger partial charge in [-0.1, -0.05) is 25.1 Å². The van der Waals surface area contributed by atoms with Gasteiger partial charge in [0.25, 0.3) is 0 Å². The highest BCUT2D eigenvalue weighted by molar-refractivity contribution is 7.17. The molecule has 0 bridgehead atoms. The van der Waals surface area contributed by atoms with Gasteiger partial charge in [0.1, 0.15) is 6.07 Å². The molecule has 1 aromatic heterocycles. The molecule has 0 radical (unpaired) electrons. The summed E-state index contributed by atoms with van der Waals surface area (Å²) in [6, 6.07) is 8.30. The molecular formula is C16H16N2S. The third-order valence-corrected chi connectivity index (χ3v) is 4.84. The number of fused-ring (bicyclic) bond motifs is 1. The molecule has 1 aromatic carbocycles. The Labute approximate surface area is 117 Å². The quantitative estimate of drug-likeness (QED) is 0.826. The van der Waals surface area contributed by atoms with Crippen LogP contribution in [0.5, 0.6) is 0 Å². The molecule has 2 aromatic rings. The van der Waals surface area contributed by atoms with Crippen molar-refractivity contribution in [1.29, 1.82) is 5.26 Å². The van der Waals surface area contributed by atoms with Crippen LogP contribution in [-0.4, -0.2) is 24.5 Å². The van der Waals surface area contributed by atoms with E-state index in [9.17, 15) is 0 Å². The maximum absolute atomic E-state index is 9.16. The van der Waals surface area contributed by atoms with E-state index in [-0.39, 0.29) is 0 Å². The van der Waals surface area contributed by atoms with Crippen LogP contribution in [0.1, 0.15) is 24.5 Å². The standard InChI is InChI=1S/C16H16N2S/c1-2-18-8-6-12(7-9-18)15-11-19-16-13(10-17)4-3-5-14(15)16/h3-6,11H,2,7-9H2,1H3. The average molecular weight is 268 g/mol. The van der Waals surface area contributed by atoms with E-state index in [1.165, 1.54) is 16.5 Å². The van der Waals surface area contributed by atoms with Gasteiger partial charge >= 0.3 is 0 Å². The van der Waals surface area contributed by atoms with Crippen molar-refractivity contribution in [1.82, 2.24) is 4.90 Å². The molecule has 0 atom stereocenters. The fourth-order valence-electron chi connectivity index (χ4n) is 2.64. The number of hydrogen-bond donors (Lipinski definition) is 0. The zero-order valence-electron chi connectivity index (χ0n) is 11.0. The first-order chi connectivity index (χ1) is 9.33. The molecule has 0 spiro atoms. The van der Waals surface area contributed by atoms with Gasteiger partial charge in [0.05, 0.1) is 10.3 Å². The summed E-state index contributed by atoms with van der Waals surface area (Å²) in [7, 11) is 0. The Bertz CT molecular complexity index is 676. The minimum Gasteiger partial charge on any atom is -0.300 e. The van der Waals surface area contributed by atoms with E-state index in [0.29, 0.717) is 0 Å². The molecule has 3 rings (SSSR count). The summed E-state index contributed by atoms with van der Waals surface area (Å²) in [5.41, 5.74) is 3.55. The summed E-state index contributed by atoms with van der Waals surface area (Å²) in [5.74, 6) is 0. The third kappa shape index (κ3) is 2.18. The Balaban J connectivity index is 2.03. The first kappa shape index (κ1) is 12.4. The zero-order valence-corrected chi connectivity index (χ0v) is 11.8. The van der Waals surface area contributed by atoms with E-state index in [0.717, 1.165) is 36.3 Å². The lowest BCUT2D eigenvalue weighted by Gasteiger charge is -2.24. The van der Waals surface area contributed by atoms with Crippen molar-refractivity contribution >= 4 is 27.0 Å². The highest BCUT2D eigenvalue weighted by Gasteiger charge is 2.15. The van der Waals surface area contributed by atoms with Crippen LogP contribution < -0.4 is 0 Å². The van der Waals surface area contributed by atoms with E-state index < -0.39 is 0 Å². The summed E-state index contributed by atoms with van der Waals surface area (Å²) >= 11 is 1.69. The largest absolute Gasteiger partial charge is 0.300 e. The maximum Gasteiger partial charge on any atom is 0.101 e. The smallest absolute Gasteiger partial charge is 0.101 e. The van der Waals surface area contributed by atoms with Crippen molar-refractivity contribution in [2.75, 3.05) is 19.6 Å². The fourth-order valence-corrected chi connectivity index (χ4v) is 3.70. The molecule has 2 heterocycles. The summed E-state index contributed by atoms with van der Waals surface area (Å²) < 4.78 is 1.12. The van der Waals surface area contributed by atoms with Gasteiger partial charge < -0.3 is 0 Å². The van der Waals surface area contributed by atoms with Crippen molar-refractivity contribution < 1.29 is 0 Å². The van der Waals surface area contributed by atoms with Crippen LogP contribution in [0, 0.1) is 11.3 Å². The SMILES string of the molecule is CCN1CC=C(c2csc3c(C#N)cccc23)CC1. The molecule has 19 heavy (non-hydrogen) atoms. The maximum atomic E-state index is 9.16. The molecule has 0 fully saturated rings. The van der Waals surface area contributed by atoms with Crippen LogP contribution >= 0.6 is 11.3 Å². The van der Waals surface area contributed by atoms with E-state index in [2.05, 4.69) is 35.4 Å². The second-order valence-electron chi connectivity index (χ2n) is 4.82. The molecule has 1 aliphatic heterocycles. The topological polar surface area (TPSA) is 27.0 Å². The zero-order chi connectivity index (χ0) is 13.2. The minimum atomic E-state index is 0.792. The first-order valence-corrected chi connectivity index (χ1v) is 7.53. The number of rotatable bonds is 2. The van der Waals surface area contributed by atoms with Gasteiger partial charge in [-0.15, -0.1) is 11.3 Å². The second-order valence-corrected chi connectivity index (χ2v) is 5.70. The molecule has 0 amide bonds. The molecule has 0 aliphatic carbocycles. The Morgan fingerprint density at radius 1 is 1.42 bits per heavy atom. The van der Waals surface area contributed by atoms with Crippen LogP contribution in [0.3, 0.4) is 0 Å². The highest BCUT2D eigenvalue weighted by Crippen LogP contribution is 2.35. The van der Waals surface area contributed by atoms with Gasteiger partial charge in [0, 0.05) is 18.5 Å². The van der Waals surface area contributed by atoms with E-state index in [1.807, 2.05) is 12.1 Å². The molecule has 3 heteroatoms. The number of hydrogen-bond acceptors (Lipinski definition) is 3. The lowest BCUT2D eigenvalue weighted by atomic mass is 9.98. The lowest BCUT2D eigenvalue weighted by Crippen LogP contribution is -2.27. The highest BCUT2D eigenvalue weighted by atomic mass is 32.1. The summed E-state index contributed by atoms with van der Waals surface area (Å²) in [4.78, 5) is 2.44. The third-order valence-electron chi connectivity index (χ3n) is 3.81. The Hall–Kier alpha value is -1.63. The summed E-state index contributed by atoms with van der Waals surface area (Å²) in [6.07, 6.45) is 3.45. The molecule has 0 saturated carbocycles. The molecular weight excluding hydrogens is 252 g/mol. The lowest BCUT2D eigenvalue weighted by molar-refractivity contribution is 0.319. The Morgan fingerprint density at radius 3 is 3.00 bits per heavy atom. The minimum absolute atomic E-state index is 0.792. The molecule has 96 valence electrons. The van der Waals surface area contributed by atoms with E-state index >= 15 is 0 Å². The number of nitrogens with zero attached hydrogens (tertiary/aromatic N) is 2. The van der Waals surface area contributed by atoms with Gasteiger partial charge in [-0.05, 0) is 35.5 Å². The number of nitriles is 1. The molecule has 0 unspecified atom stereocenters. The van der Waals surface area contributed by atoms with Crippen molar-refractivity contribution in [3.63, 3.8) is 0 Å². The Morgan fingerprint density at radius 2 is 2.32 bits per heavy atom. The Kier molecular flexibility index (Phi) is 3.37. The molecule has 2 nitrogen and oxygen atoms in total. The van der Waals surface area contributed by atoms with Gasteiger partial charge in [0.15, 0.2) is 0 Å². The van der Waals surface area contributed by atoms with Crippen molar-refractivity contribution in [3.05, 3.63) is 40.8 Å². The van der Waals surface area contributed by atoms with Crippen molar-refractivity contribution in [2.24, 2.45) is 0 Å². The molecule has 0 saturated heterocycles. The van der Waals surface area contributed by atoms with Crippen LogP contribution in [0.4, 0.5) is 0 Å². The summed E-state index contributed by atoms with van der Waals surface area (Å²) in [6.45, 7) is 5.50. The number of benzene rings is 1. The van der Waals surface area contributed by atoms with Gasteiger partial charge in [0.2, 0.25) is 0 Å². The van der Waals surface area contributed by atoms with E-state index in [4.69, 9.17) is 5.26 Å². The average Bonchev–Trinajstić information content (AvgIpc) is 2.91. The molecule has 0 N–H and O–H groups in total.